The van der Waals surface area contributed by atoms with Crippen molar-refractivity contribution in [2.45, 2.75) is 32.0 Å². The molecular formula is C18H20BrN3O. The van der Waals surface area contributed by atoms with E-state index in [4.69, 9.17) is 0 Å². The first kappa shape index (κ1) is 16.2. The Bertz CT molecular complexity index is 719. The third-order valence-corrected chi connectivity index (χ3v) is 4.66. The van der Waals surface area contributed by atoms with Gasteiger partial charge in [0.15, 0.2) is 0 Å². The van der Waals surface area contributed by atoms with Crippen LogP contribution in [0.5, 0.6) is 0 Å². The predicted octanol–water partition coefficient (Wildman–Crippen LogP) is 3.09. The van der Waals surface area contributed by atoms with Gasteiger partial charge in [0.05, 0.1) is 0 Å². The summed E-state index contributed by atoms with van der Waals surface area (Å²) < 4.78 is 0.895. The Morgan fingerprint density at radius 1 is 1.13 bits per heavy atom. The summed E-state index contributed by atoms with van der Waals surface area (Å²) in [6.07, 6.45) is -0.154. The maximum Gasteiger partial charge on any atom is 0.252 e. The second-order valence-electron chi connectivity index (χ2n) is 5.98. The van der Waals surface area contributed by atoms with E-state index >= 15 is 0 Å². The van der Waals surface area contributed by atoms with E-state index < -0.39 is 0 Å². The van der Waals surface area contributed by atoms with E-state index in [1.807, 2.05) is 24.3 Å². The van der Waals surface area contributed by atoms with Crippen LogP contribution < -0.4 is 16.2 Å². The lowest BCUT2D eigenvalue weighted by molar-refractivity contribution is 0.0928. The topological polar surface area (TPSA) is 53.2 Å². The van der Waals surface area contributed by atoms with Crippen molar-refractivity contribution in [3.8, 4) is 0 Å². The number of hydrogen-bond acceptors (Lipinski definition) is 3. The third kappa shape index (κ3) is 3.63. The molecule has 0 bridgehead atoms. The summed E-state index contributed by atoms with van der Waals surface area (Å²) in [7, 11) is 0. The maximum atomic E-state index is 12.5. The first-order valence-corrected chi connectivity index (χ1v) is 8.48. The molecule has 2 aromatic rings. The Hall–Kier alpha value is -1.69. The zero-order chi connectivity index (χ0) is 16.4. The molecule has 1 heterocycles. The minimum absolute atomic E-state index is 0.0858. The van der Waals surface area contributed by atoms with Crippen molar-refractivity contribution in [2.75, 3.05) is 0 Å². The Kier molecular flexibility index (Phi) is 4.80. The fraction of sp³-hybridized carbons (Fsp3) is 0.278. The van der Waals surface area contributed by atoms with Crippen LogP contribution in [-0.4, -0.2) is 18.1 Å². The SMILES string of the molecule is Cc1cccc(C2C(C)NNC2NC(=O)c2cccc(Br)c2)c1. The van der Waals surface area contributed by atoms with Crippen LogP contribution in [0.2, 0.25) is 0 Å². The number of carbonyl (C=O) groups is 1. The molecule has 3 unspecified atom stereocenters. The molecule has 0 aliphatic carbocycles. The zero-order valence-electron chi connectivity index (χ0n) is 13.1. The van der Waals surface area contributed by atoms with Gasteiger partial charge in [-0.05, 0) is 37.6 Å². The van der Waals surface area contributed by atoms with Gasteiger partial charge in [-0.25, -0.2) is 5.43 Å². The minimum atomic E-state index is -0.154. The quantitative estimate of drug-likeness (QED) is 0.774. The maximum absolute atomic E-state index is 12.5. The molecule has 23 heavy (non-hydrogen) atoms. The largest absolute Gasteiger partial charge is 0.335 e. The first-order chi connectivity index (χ1) is 11.0. The number of carbonyl (C=O) groups excluding carboxylic acids is 1. The predicted molar refractivity (Wildman–Crippen MR) is 95.0 cm³/mol. The first-order valence-electron chi connectivity index (χ1n) is 7.68. The molecule has 1 aliphatic rings. The van der Waals surface area contributed by atoms with E-state index in [9.17, 15) is 4.79 Å². The molecule has 0 aromatic heterocycles. The van der Waals surface area contributed by atoms with Gasteiger partial charge >= 0.3 is 0 Å². The summed E-state index contributed by atoms with van der Waals surface area (Å²) in [6, 6.07) is 16.1. The number of nitrogens with one attached hydrogen (secondary N) is 3. The van der Waals surface area contributed by atoms with Gasteiger partial charge < -0.3 is 5.32 Å². The molecule has 1 aliphatic heterocycles. The van der Waals surface area contributed by atoms with Crippen molar-refractivity contribution >= 4 is 21.8 Å². The highest BCUT2D eigenvalue weighted by Crippen LogP contribution is 2.27. The molecule has 1 fully saturated rings. The summed E-state index contributed by atoms with van der Waals surface area (Å²) in [5, 5.41) is 3.09. The van der Waals surface area contributed by atoms with Crippen molar-refractivity contribution in [3.05, 3.63) is 69.7 Å². The molecule has 1 amide bonds. The number of hydrazine groups is 1. The van der Waals surface area contributed by atoms with Crippen molar-refractivity contribution in [2.24, 2.45) is 0 Å². The Morgan fingerprint density at radius 2 is 1.91 bits per heavy atom. The van der Waals surface area contributed by atoms with Gasteiger partial charge in [-0.1, -0.05) is 51.8 Å². The lowest BCUT2D eigenvalue weighted by Gasteiger charge is -2.23. The van der Waals surface area contributed by atoms with Crippen LogP contribution in [0.25, 0.3) is 0 Å². The summed E-state index contributed by atoms with van der Waals surface area (Å²) in [4.78, 5) is 12.5. The Morgan fingerprint density at radius 3 is 2.65 bits per heavy atom. The average Bonchev–Trinajstić information content (AvgIpc) is 2.88. The van der Waals surface area contributed by atoms with Crippen LogP contribution in [0.3, 0.4) is 0 Å². The van der Waals surface area contributed by atoms with Gasteiger partial charge in [0.1, 0.15) is 6.17 Å². The van der Waals surface area contributed by atoms with E-state index in [2.05, 4.69) is 70.2 Å². The van der Waals surface area contributed by atoms with Crippen molar-refractivity contribution in [1.29, 1.82) is 0 Å². The molecular weight excluding hydrogens is 354 g/mol. The Labute approximate surface area is 144 Å². The average molecular weight is 374 g/mol. The van der Waals surface area contributed by atoms with Crippen LogP contribution in [0.4, 0.5) is 0 Å². The molecule has 3 rings (SSSR count). The number of benzene rings is 2. The van der Waals surface area contributed by atoms with Crippen molar-refractivity contribution < 1.29 is 4.79 Å². The number of halogens is 1. The number of rotatable bonds is 3. The van der Waals surface area contributed by atoms with E-state index in [0.717, 1.165) is 4.47 Å². The number of hydrogen-bond donors (Lipinski definition) is 3. The van der Waals surface area contributed by atoms with E-state index in [1.54, 1.807) is 0 Å². The molecule has 0 saturated carbocycles. The molecule has 0 spiro atoms. The van der Waals surface area contributed by atoms with Gasteiger partial charge in [0.2, 0.25) is 0 Å². The van der Waals surface area contributed by atoms with Gasteiger partial charge in [0.25, 0.3) is 5.91 Å². The fourth-order valence-electron chi connectivity index (χ4n) is 3.03. The molecule has 4 nitrogen and oxygen atoms in total. The summed E-state index contributed by atoms with van der Waals surface area (Å²) >= 11 is 3.40. The monoisotopic (exact) mass is 373 g/mol. The molecule has 120 valence electrons. The van der Waals surface area contributed by atoms with Crippen LogP contribution in [0, 0.1) is 6.92 Å². The molecule has 3 N–H and O–H groups in total. The highest BCUT2D eigenvalue weighted by Gasteiger charge is 2.35. The molecule has 0 radical (unpaired) electrons. The van der Waals surface area contributed by atoms with Crippen LogP contribution in [-0.2, 0) is 0 Å². The lowest BCUT2D eigenvalue weighted by Crippen LogP contribution is -2.46. The number of amides is 1. The highest BCUT2D eigenvalue weighted by molar-refractivity contribution is 9.10. The minimum Gasteiger partial charge on any atom is -0.335 e. The van der Waals surface area contributed by atoms with Gasteiger partial charge in [0, 0.05) is 22.0 Å². The molecule has 2 aromatic carbocycles. The molecule has 5 heteroatoms. The van der Waals surface area contributed by atoms with E-state index in [0.29, 0.717) is 5.56 Å². The van der Waals surface area contributed by atoms with Crippen molar-refractivity contribution in [1.82, 2.24) is 16.2 Å². The normalized spacial score (nSPS) is 23.7. The highest BCUT2D eigenvalue weighted by atomic mass is 79.9. The second kappa shape index (κ2) is 6.83. The standard InChI is InChI=1S/C18H20BrN3O/c1-11-5-3-6-13(9-11)16-12(2)21-22-17(16)20-18(23)14-7-4-8-15(19)10-14/h3-10,12,16-17,21-22H,1-2H3,(H,20,23). The summed E-state index contributed by atoms with van der Waals surface area (Å²) in [5.41, 5.74) is 9.51. The van der Waals surface area contributed by atoms with Crippen molar-refractivity contribution in [3.63, 3.8) is 0 Å². The zero-order valence-corrected chi connectivity index (χ0v) is 14.7. The second-order valence-corrected chi connectivity index (χ2v) is 6.89. The summed E-state index contributed by atoms with van der Waals surface area (Å²) in [6.45, 7) is 4.20. The fourth-order valence-corrected chi connectivity index (χ4v) is 3.43. The third-order valence-electron chi connectivity index (χ3n) is 4.16. The smallest absolute Gasteiger partial charge is 0.252 e. The molecule has 3 atom stereocenters. The van der Waals surface area contributed by atoms with Crippen LogP contribution >= 0.6 is 15.9 Å². The number of aryl methyl sites for hydroxylation is 1. The summed E-state index contributed by atoms with van der Waals surface area (Å²) in [5.74, 6) is 0.0864. The van der Waals surface area contributed by atoms with Crippen LogP contribution in [0.1, 0.15) is 34.3 Å². The van der Waals surface area contributed by atoms with E-state index in [-0.39, 0.29) is 24.0 Å². The van der Waals surface area contributed by atoms with Gasteiger partial charge in [-0.2, -0.15) is 0 Å². The Balaban J connectivity index is 1.80. The van der Waals surface area contributed by atoms with Gasteiger partial charge in [-0.15, -0.1) is 0 Å². The van der Waals surface area contributed by atoms with E-state index in [1.165, 1.54) is 11.1 Å². The lowest BCUT2D eigenvalue weighted by atomic mass is 9.90. The van der Waals surface area contributed by atoms with Crippen LogP contribution in [0.15, 0.2) is 53.0 Å². The molecule has 1 saturated heterocycles. The van der Waals surface area contributed by atoms with Gasteiger partial charge in [-0.3, -0.25) is 10.2 Å².